The second-order valence-corrected chi connectivity index (χ2v) is 34.4. The van der Waals surface area contributed by atoms with E-state index in [4.69, 9.17) is 22.4 Å². The third kappa shape index (κ3) is 25.7. The first-order valence-corrected chi connectivity index (χ1v) is 31.2. The van der Waals surface area contributed by atoms with Gasteiger partial charge in [-0.2, -0.15) is 5.10 Å². The summed E-state index contributed by atoms with van der Waals surface area (Å²) in [5, 5.41) is 3.81. The Morgan fingerprint density at radius 1 is 0.839 bits per heavy atom. The number of rotatable bonds is 4. The Hall–Kier alpha value is 2.79. The second-order valence-electron chi connectivity index (χ2n) is 3.87. The lowest BCUT2D eigenvalue weighted by Crippen LogP contribution is -2.11. The van der Waals surface area contributed by atoms with Crippen LogP contribution < -0.4 is 0 Å². The maximum absolute atomic E-state index is 10.8. The van der Waals surface area contributed by atoms with E-state index in [1.54, 1.807) is 124 Å². The molecule has 0 radical (unpaired) electrons. The molecule has 0 aliphatic rings. The minimum Gasteiger partial charge on any atom is -0.298 e. The van der Waals surface area contributed by atoms with E-state index in [2.05, 4.69) is 5.10 Å². The first-order valence-electron chi connectivity index (χ1n) is 6.50. The van der Waals surface area contributed by atoms with Crippen molar-refractivity contribution < 1.29 is 13.2 Å². The predicted molar refractivity (Wildman–Crippen MR) is 180 cm³/mol. The molecule has 0 spiro atoms. The Balaban J connectivity index is 0.000000609. The quantitative estimate of drug-likeness (QED) is 0.392. The van der Waals surface area contributed by atoms with Crippen LogP contribution in [-0.2, 0) is 181 Å². The third-order valence-electron chi connectivity index (χ3n) is 1.90. The number of aryl methyl sites for hydroxylation is 1. The molecule has 31 heavy (non-hydrogen) atoms. The van der Waals surface area contributed by atoms with Crippen LogP contribution in [0.4, 0.5) is 0 Å². The second kappa shape index (κ2) is 24.5. The Labute approximate surface area is 235 Å². The van der Waals surface area contributed by atoms with Crippen LogP contribution >= 0.6 is 0 Å². The lowest BCUT2D eigenvalue weighted by Gasteiger charge is -1.98. The predicted octanol–water partition coefficient (Wildman–Crippen LogP) is -0.303. The van der Waals surface area contributed by atoms with Crippen molar-refractivity contribution in [3.8, 4) is 0 Å². The average molecular weight is 779 g/mol. The zero-order valence-electron chi connectivity index (χ0n) is 14.5. The highest BCUT2D eigenvalue weighted by molar-refractivity contribution is 8.77. The summed E-state index contributed by atoms with van der Waals surface area (Å²) >= 11 is 9.49. The molecule has 0 atom stereocenters. The number of carbonyl (C=O) groups excluding carboxylic acids is 1. The average Bonchev–Trinajstić information content (AvgIpc) is 3.21. The molecular weight excluding hydrogens is 769 g/mol. The molecule has 0 bridgehead atoms. The van der Waals surface area contributed by atoms with Gasteiger partial charge in [-0.05, 0) is 0 Å². The normalized spacial score (nSPS) is 9.06. The fourth-order valence-electron chi connectivity index (χ4n) is 0.981. The number of hydrogen-bond donors (Lipinski definition) is 0. The number of sulfone groups is 1. The van der Waals surface area contributed by atoms with Gasteiger partial charge in [-0.25, -0.2) is 8.42 Å². The topological polar surface area (TPSA) is 69.0 Å². The van der Waals surface area contributed by atoms with Gasteiger partial charge in [0.25, 0.3) is 0 Å². The molecule has 0 aromatic carbocycles. The Kier molecular flexibility index (Phi) is 26.7. The summed E-state index contributed by atoms with van der Waals surface area (Å²) in [7, 11) is 24.2. The number of aromatic nitrogens is 2. The van der Waals surface area contributed by atoms with E-state index in [0.717, 1.165) is 6.26 Å². The molecule has 0 unspecified atom stereocenters. The van der Waals surface area contributed by atoms with Crippen molar-refractivity contribution in [3.63, 3.8) is 0 Å². The van der Waals surface area contributed by atoms with Gasteiger partial charge in [-0.3, -0.25) is 9.48 Å². The number of hydrogen-bond acceptors (Lipinski definition) is 6. The number of nitrogens with zero attached hydrogens (tertiary/aromatic N) is 2. The summed E-state index contributed by atoms with van der Waals surface area (Å²) in [6.45, 7) is 0.284. The molecule has 0 aliphatic heterocycles. The summed E-state index contributed by atoms with van der Waals surface area (Å²) in [6, 6.07) is 0. The van der Waals surface area contributed by atoms with E-state index in [1.165, 1.54) is 34.8 Å². The Morgan fingerprint density at radius 2 is 1.23 bits per heavy atom. The summed E-state index contributed by atoms with van der Waals surface area (Å²) in [4.78, 5) is 10.2. The molecule has 0 fully saturated rings. The molecule has 0 aliphatic carbocycles. The van der Waals surface area contributed by atoms with Crippen molar-refractivity contribution in [2.75, 3.05) is 12.0 Å². The first-order chi connectivity index (χ1) is 14.9. The zero-order chi connectivity index (χ0) is 23.2. The largest absolute Gasteiger partial charge is 0.298 e. The van der Waals surface area contributed by atoms with Gasteiger partial charge in [0.2, 0.25) is 0 Å². The van der Waals surface area contributed by atoms with Crippen LogP contribution in [0.15, 0.2) is 12.4 Å². The highest BCUT2D eigenvalue weighted by Crippen LogP contribution is 1.94. The molecule has 0 N–H and O–H groups in total. The molecule has 1 aromatic rings. The summed E-state index contributed by atoms with van der Waals surface area (Å²) in [5.41, 5.74) is 0.452. The molecule has 1 heterocycles. The summed E-state index contributed by atoms with van der Waals surface area (Å²) in [5.74, 6) is 0.0347. The maximum atomic E-state index is 10.8. The molecule has 0 saturated heterocycles. The van der Waals surface area contributed by atoms with Gasteiger partial charge in [-0.1, -0.05) is 0 Å². The summed E-state index contributed by atoms with van der Waals surface area (Å²) < 4.78 is 23.0. The maximum Gasteiger partial charge on any atom is 0.153 e. The highest BCUT2D eigenvalue weighted by Gasteiger charge is 2.03. The van der Waals surface area contributed by atoms with E-state index in [9.17, 15) is 13.2 Å². The van der Waals surface area contributed by atoms with Gasteiger partial charge in [0.1, 0.15) is 9.84 Å². The lowest BCUT2D eigenvalue weighted by atomic mass is 10.4. The molecule has 0 amide bonds. The van der Waals surface area contributed by atoms with Crippen LogP contribution in [0.3, 0.4) is 0 Å². The van der Waals surface area contributed by atoms with Crippen molar-refractivity contribution in [3.05, 3.63) is 18.0 Å². The van der Waals surface area contributed by atoms with Crippen LogP contribution in [-0.4, -0.2) is 36.5 Å². The molecule has 180 valence electrons. The molecule has 0 saturated carbocycles. The van der Waals surface area contributed by atoms with Gasteiger partial charge < -0.3 is 0 Å². The van der Waals surface area contributed by atoms with Crippen LogP contribution in [0.25, 0.3) is 0 Å². The molecule has 5 nitrogen and oxygen atoms in total. The Morgan fingerprint density at radius 3 is 1.52 bits per heavy atom. The fraction of sp³-hybridized carbons (Fsp3) is 0.429. The monoisotopic (exact) mass is 778 g/mol. The number of aldehydes is 1. The van der Waals surface area contributed by atoms with Gasteiger partial charge >= 0.3 is 0 Å². The van der Waals surface area contributed by atoms with Gasteiger partial charge in [0, 0.05) is 177 Å². The van der Waals surface area contributed by atoms with Gasteiger partial charge in [0.15, 0.2) is 6.29 Å². The molecule has 24 heteroatoms. The van der Waals surface area contributed by atoms with Crippen molar-refractivity contribution in [2.24, 2.45) is 0 Å². The van der Waals surface area contributed by atoms with Crippen molar-refractivity contribution in [2.45, 2.75) is 6.54 Å². The van der Waals surface area contributed by atoms with Crippen LogP contribution in [0.1, 0.15) is 10.4 Å². The van der Waals surface area contributed by atoms with Crippen molar-refractivity contribution >= 4 is 181 Å². The smallest absolute Gasteiger partial charge is 0.153 e. The van der Waals surface area contributed by atoms with Gasteiger partial charge in [-0.15, -0.1) is 0 Å². The van der Waals surface area contributed by atoms with E-state index in [1.807, 2.05) is 0 Å². The zero-order valence-corrected chi connectivity index (χ0v) is 30.0. The minimum atomic E-state index is -2.97. The van der Waals surface area contributed by atoms with Crippen LogP contribution in [0.2, 0.25) is 0 Å². The van der Waals surface area contributed by atoms with Gasteiger partial charge in [0.05, 0.1) is 24.1 Å². The standard InChI is InChI=1S/C7H10N2O3S.S18/c1-13(11,12)3-2-9-5-7(6-10)4-8-9;1-3-5-7-9-11-13-15-17-18-16-14-12-10-8-6-4-2/h4-6H,2-3H2,1H3;. The third-order valence-corrected chi connectivity index (χ3v) is 36.2. The number of carbonyl (C=O) groups is 1. The molecule has 1 rings (SSSR count). The van der Waals surface area contributed by atoms with Crippen molar-refractivity contribution in [1.82, 2.24) is 9.78 Å². The Bertz CT molecular complexity index is 1460. The lowest BCUT2D eigenvalue weighted by molar-refractivity contribution is 0.112. The van der Waals surface area contributed by atoms with E-state index in [0.29, 0.717) is 11.8 Å². The molecular formula is C7H10N2O3S19. The van der Waals surface area contributed by atoms with Crippen LogP contribution in [0.5, 0.6) is 0 Å². The van der Waals surface area contributed by atoms with E-state index < -0.39 is 9.84 Å². The van der Waals surface area contributed by atoms with Crippen LogP contribution in [0, 0.1) is 0 Å². The summed E-state index contributed by atoms with van der Waals surface area (Å²) in [6.07, 6.45) is 4.74. The fourth-order valence-corrected chi connectivity index (χ4v) is 39.9. The van der Waals surface area contributed by atoms with E-state index in [-0.39, 0.29) is 12.3 Å². The van der Waals surface area contributed by atoms with Crippen molar-refractivity contribution in [1.29, 1.82) is 0 Å². The minimum absolute atomic E-state index is 0.0347. The molecule has 1 aromatic heterocycles. The highest BCUT2D eigenvalue weighted by atomic mass is 33.5. The van der Waals surface area contributed by atoms with E-state index >= 15 is 0 Å². The SMILES string of the molecule is CS(=O)(=O)CCn1cc(C=O)cn1.S=S=S=S=S=S=S=S=S=S=S=S=S=S=S=S=S=S. The first kappa shape index (κ1) is 33.8.